The summed E-state index contributed by atoms with van der Waals surface area (Å²) in [7, 11) is 1.68. The molecule has 0 aliphatic heterocycles. The third-order valence-electron chi connectivity index (χ3n) is 2.02. The molecule has 0 saturated carbocycles. The molecule has 144 valence electrons. The standard InChI is InChI=1S/C7H16.C3H6O.2C3H6.C2H6.CH4.3W/c1-6(2)7(3,4)5;1-3-4-2;2*1-3-2;1-2;;;;/h6H,1-5H3;1-2H3;2*1-2H3;1-2H3;1H4;;;. The van der Waals surface area contributed by atoms with Crippen LogP contribution in [0.5, 0.6) is 0 Å². The number of methoxy groups -OCH3 is 1. The van der Waals surface area contributed by atoms with Gasteiger partial charge in [0.15, 0.2) is 0 Å². The van der Waals surface area contributed by atoms with Crippen LogP contribution in [-0.2, 0) is 62.8 Å². The van der Waals surface area contributed by atoms with Crippen molar-refractivity contribution in [2.24, 2.45) is 11.3 Å². The molecule has 1 nitrogen and oxygen atoms in total. The molecule has 0 aromatic carbocycles. The molecule has 23 heavy (non-hydrogen) atoms. The Kier molecular flexibility index (Phi) is 49.0. The van der Waals surface area contributed by atoms with Gasteiger partial charge in [0.1, 0.15) is 0 Å². The van der Waals surface area contributed by atoms with Crippen molar-refractivity contribution in [3.63, 3.8) is 0 Å². The second-order valence-electron chi connectivity index (χ2n) is 6.03. The van der Waals surface area contributed by atoms with Crippen LogP contribution >= 0.6 is 0 Å². The summed E-state index contributed by atoms with van der Waals surface area (Å²) < 4.78 is 8.79. The molecule has 0 aromatic heterocycles. The molecule has 4 heteroatoms. The molecular weight excluding hydrogens is 796 g/mol. The van der Waals surface area contributed by atoms with Crippen LogP contribution in [0, 0.1) is 11.3 Å². The first-order valence-corrected chi connectivity index (χ1v) is 12.1. The van der Waals surface area contributed by atoms with Crippen molar-refractivity contribution in [2.75, 3.05) is 7.11 Å². The van der Waals surface area contributed by atoms with Crippen molar-refractivity contribution in [2.45, 2.75) is 90.5 Å². The van der Waals surface area contributed by atoms with Crippen molar-refractivity contribution < 1.29 is 62.8 Å². The van der Waals surface area contributed by atoms with Gasteiger partial charge in [0.2, 0.25) is 0 Å². The Balaban J connectivity index is -0.0000000408. The van der Waals surface area contributed by atoms with Gasteiger partial charge in [-0.15, -0.1) is 0 Å². The van der Waals surface area contributed by atoms with Crippen LogP contribution in [0.1, 0.15) is 90.5 Å². The Morgan fingerprint density at radius 1 is 0.783 bits per heavy atom. The molecule has 0 unspecified atom stereocenters. The van der Waals surface area contributed by atoms with Gasteiger partial charge in [0.05, 0.1) is 0 Å². The van der Waals surface area contributed by atoms with Gasteiger partial charge < -0.3 is 0 Å². The predicted octanol–water partition coefficient (Wildman–Crippen LogP) is 6.17. The Bertz CT molecular complexity index is 244. The monoisotopic (exact) mass is 840 g/mol. The topological polar surface area (TPSA) is 9.23 Å². The van der Waals surface area contributed by atoms with E-state index in [0.717, 1.165) is 10.0 Å². The fraction of sp³-hybridized carbons (Fsp3) is 0.842. The zero-order valence-corrected chi connectivity index (χ0v) is 26.0. The van der Waals surface area contributed by atoms with E-state index in [1.54, 1.807) is 45.8 Å². The van der Waals surface area contributed by atoms with Crippen LogP contribution in [0.15, 0.2) is 0 Å². The molecule has 0 atom stereocenters. The van der Waals surface area contributed by atoms with Crippen molar-refractivity contribution in [1.82, 2.24) is 0 Å². The predicted molar refractivity (Wildman–Crippen MR) is 103 cm³/mol. The molecule has 0 aliphatic rings. The minimum atomic E-state index is 0. The van der Waals surface area contributed by atoms with Crippen molar-refractivity contribution in [3.8, 4) is 0 Å². The van der Waals surface area contributed by atoms with E-state index >= 15 is 0 Å². The number of hydrogen-bond donors (Lipinski definition) is 0. The van der Waals surface area contributed by atoms with Crippen LogP contribution in [0.4, 0.5) is 0 Å². The third kappa shape index (κ3) is 119. The first-order valence-electron chi connectivity index (χ1n) is 7.67. The van der Waals surface area contributed by atoms with Crippen LogP contribution in [-0.4, -0.2) is 19.0 Å². The zero-order chi connectivity index (χ0) is 19.5. The summed E-state index contributed by atoms with van der Waals surface area (Å²) in [5.41, 5.74) is 0.500. The Morgan fingerprint density at radius 3 is 0.870 bits per heavy atom. The first-order chi connectivity index (χ1) is 9.68. The summed E-state index contributed by atoms with van der Waals surface area (Å²) >= 11 is 4.59. The third-order valence-corrected chi connectivity index (χ3v) is 2.62. The van der Waals surface area contributed by atoms with E-state index < -0.39 is 0 Å². The van der Waals surface area contributed by atoms with Gasteiger partial charge in [0.25, 0.3) is 0 Å². The molecule has 0 amide bonds. The molecule has 0 aromatic rings. The Labute approximate surface area is 182 Å². The normalized spacial score (nSPS) is 8.09. The zero-order valence-electron chi connectivity index (χ0n) is 17.2. The van der Waals surface area contributed by atoms with Crippen molar-refractivity contribution in [3.05, 3.63) is 0 Å². The van der Waals surface area contributed by atoms with Gasteiger partial charge in [-0.05, 0) is 11.3 Å². The van der Waals surface area contributed by atoms with Gasteiger partial charge in [-0.1, -0.05) is 55.9 Å². The molecule has 0 bridgehead atoms. The van der Waals surface area contributed by atoms with E-state index in [1.807, 2.05) is 20.8 Å². The quantitative estimate of drug-likeness (QED) is 0.308. The molecule has 0 saturated heterocycles. The Hall–Kier alpha value is 1.63. The molecular formula is C19H44OW3. The SMILES string of the molecule is C.CC.CC(C)C(C)(C)C.CO[C](C)=[W].C[C](C)=[W].C[C](C)=[W]. The summed E-state index contributed by atoms with van der Waals surface area (Å²) in [6.45, 7) is 25.7. The number of ether oxygens (including phenoxy) is 1. The first kappa shape index (κ1) is 39.6. The summed E-state index contributed by atoms with van der Waals surface area (Å²) in [6.07, 6.45) is 0. The molecule has 0 fully saturated rings. The van der Waals surface area contributed by atoms with Crippen molar-refractivity contribution >= 4 is 11.9 Å². The fourth-order valence-corrected chi connectivity index (χ4v) is 0. The van der Waals surface area contributed by atoms with Gasteiger partial charge in [-0.2, -0.15) is 0 Å². The van der Waals surface area contributed by atoms with E-state index in [-0.39, 0.29) is 7.43 Å². The molecule has 0 N–H and O–H groups in total. The van der Waals surface area contributed by atoms with E-state index in [0.29, 0.717) is 5.41 Å². The average molecular weight is 840 g/mol. The molecule has 0 heterocycles. The van der Waals surface area contributed by atoms with Gasteiger partial charge in [-0.3, -0.25) is 0 Å². The van der Waals surface area contributed by atoms with Gasteiger partial charge in [-0.25, -0.2) is 0 Å². The van der Waals surface area contributed by atoms with Crippen LogP contribution < -0.4 is 0 Å². The van der Waals surface area contributed by atoms with Gasteiger partial charge in [0, 0.05) is 0 Å². The molecule has 0 radical (unpaired) electrons. The number of hydrogen-bond acceptors (Lipinski definition) is 1. The maximum atomic E-state index is 4.70. The molecule has 0 spiro atoms. The molecule has 0 aliphatic carbocycles. The van der Waals surface area contributed by atoms with E-state index in [4.69, 9.17) is 4.74 Å². The summed E-state index contributed by atoms with van der Waals surface area (Å²) in [5, 5.41) is 0. The second-order valence-corrected chi connectivity index (χ2v) is 14.0. The van der Waals surface area contributed by atoms with Crippen LogP contribution in [0.3, 0.4) is 0 Å². The van der Waals surface area contributed by atoms with E-state index in [9.17, 15) is 0 Å². The van der Waals surface area contributed by atoms with Crippen LogP contribution in [0.25, 0.3) is 0 Å². The molecule has 0 rings (SSSR count). The van der Waals surface area contributed by atoms with Crippen molar-refractivity contribution in [1.29, 1.82) is 0 Å². The van der Waals surface area contributed by atoms with Gasteiger partial charge >= 0.3 is 116 Å². The minimum absolute atomic E-state index is 0. The second kappa shape index (κ2) is 28.4. The van der Waals surface area contributed by atoms with E-state index in [2.05, 4.69) is 62.3 Å². The summed E-state index contributed by atoms with van der Waals surface area (Å²) in [4.78, 5) is 0. The summed E-state index contributed by atoms with van der Waals surface area (Å²) in [6, 6.07) is 0. The fourth-order valence-electron chi connectivity index (χ4n) is 0. The Morgan fingerprint density at radius 2 is 0.870 bits per heavy atom. The maximum absolute atomic E-state index is 4.70. The van der Waals surface area contributed by atoms with Crippen LogP contribution in [0.2, 0.25) is 0 Å². The average Bonchev–Trinajstić information content (AvgIpc) is 2.29. The summed E-state index contributed by atoms with van der Waals surface area (Å²) in [5.74, 6) is 0.799. The van der Waals surface area contributed by atoms with E-state index in [1.165, 1.54) is 27.1 Å². The number of rotatable bonds is 1.